The number of hydrazine groups is 1. The van der Waals surface area contributed by atoms with Crippen LogP contribution < -0.4 is 10.9 Å². The van der Waals surface area contributed by atoms with Crippen molar-refractivity contribution in [2.45, 2.75) is 52.2 Å². The molecule has 2 N–H and O–H groups in total. The number of benzene rings is 2. The summed E-state index contributed by atoms with van der Waals surface area (Å²) >= 11 is 0. The third kappa shape index (κ3) is 9.32. The number of imide groups is 1. The van der Waals surface area contributed by atoms with Crippen LogP contribution in [-0.2, 0) is 29.2 Å². The van der Waals surface area contributed by atoms with E-state index in [-0.39, 0.29) is 43.0 Å². The van der Waals surface area contributed by atoms with Gasteiger partial charge in [-0.1, -0.05) is 68.5 Å². The van der Waals surface area contributed by atoms with Gasteiger partial charge < -0.3 is 4.74 Å². The summed E-state index contributed by atoms with van der Waals surface area (Å²) in [6, 6.07) is 15.8. The monoisotopic (exact) mass is 654 g/mol. The van der Waals surface area contributed by atoms with Crippen LogP contribution in [0.5, 0.6) is 0 Å². The summed E-state index contributed by atoms with van der Waals surface area (Å²) in [5, 5.41) is 0. The molecule has 46 heavy (non-hydrogen) atoms. The molecule has 4 rings (SSSR count). The molecule has 0 spiro atoms. The van der Waals surface area contributed by atoms with Crippen molar-refractivity contribution in [1.82, 2.24) is 20.2 Å². The maximum absolute atomic E-state index is 13.9. The molecule has 13 heteroatoms. The van der Waals surface area contributed by atoms with Crippen LogP contribution in [0.1, 0.15) is 72.2 Å². The molecule has 1 unspecified atom stereocenters. The number of sulfonamides is 1. The van der Waals surface area contributed by atoms with Gasteiger partial charge in [-0.3, -0.25) is 29.5 Å². The van der Waals surface area contributed by atoms with Crippen molar-refractivity contribution in [3.8, 4) is 0 Å². The van der Waals surface area contributed by atoms with Crippen LogP contribution in [0.15, 0.2) is 60.7 Å². The average Bonchev–Trinajstić information content (AvgIpc) is 3.28. The fourth-order valence-corrected chi connectivity index (χ4v) is 6.15. The summed E-state index contributed by atoms with van der Waals surface area (Å²) in [6.45, 7) is 3.66. The Morgan fingerprint density at radius 2 is 1.65 bits per heavy atom. The molecule has 2 aromatic carbocycles. The third-order valence-electron chi connectivity index (χ3n) is 7.85. The molecular weight excluding hydrogens is 612 g/mol. The highest BCUT2D eigenvalue weighted by Crippen LogP contribution is 2.27. The first kappa shape index (κ1) is 35.0. The first-order chi connectivity index (χ1) is 22.0. The molecule has 2 aliphatic rings. The SMILES string of the molecule is CC(C)C[C@@H](C(=O)NN(CCN1C(=O)c2ccccc2C1=O)S(C)(=O)=O)[C@H](C/C=C/c1ccccc1)C(=O)NOC1CCCCO1. The quantitative estimate of drug-likeness (QED) is 0.219. The zero-order valence-corrected chi connectivity index (χ0v) is 27.2. The number of hydrogen-bond donors (Lipinski definition) is 2. The number of carbonyl (C=O) groups excluding carboxylic acids is 4. The standard InChI is InChI=1S/C33H42N4O8S/c1-23(2)22-28(25(17-11-14-24-12-5-4-6-13-24)31(39)35-45-29-18-9-10-21-44-29)30(38)34-37(46(3,42)43)20-19-36-32(40)26-15-7-8-16-27(26)33(36)41/h4-8,11-16,23,25,28-29H,9-10,17-22H2,1-3H3,(H,34,38)(H,35,39)/b14-11+/t25-,28+,29?/m0/s1. The molecule has 2 aromatic rings. The molecule has 1 fully saturated rings. The minimum Gasteiger partial charge on any atom is -0.350 e. The minimum absolute atomic E-state index is 0.0308. The fraction of sp³-hybridized carbons (Fsp3) is 0.455. The maximum Gasteiger partial charge on any atom is 0.261 e. The lowest BCUT2D eigenvalue weighted by molar-refractivity contribution is -0.203. The number of carbonyl (C=O) groups is 4. The Hall–Kier alpha value is -3.91. The lowest BCUT2D eigenvalue weighted by Gasteiger charge is -2.30. The summed E-state index contributed by atoms with van der Waals surface area (Å²) in [5.41, 5.74) is 6.34. The highest BCUT2D eigenvalue weighted by Gasteiger charge is 2.38. The van der Waals surface area contributed by atoms with Crippen molar-refractivity contribution in [2.75, 3.05) is 26.0 Å². The van der Waals surface area contributed by atoms with Crippen LogP contribution >= 0.6 is 0 Å². The smallest absolute Gasteiger partial charge is 0.261 e. The fourth-order valence-electron chi connectivity index (χ4n) is 5.48. The van der Waals surface area contributed by atoms with Crippen LogP contribution in [0.3, 0.4) is 0 Å². The number of hydrogen-bond acceptors (Lipinski definition) is 8. The average molecular weight is 655 g/mol. The Balaban J connectivity index is 1.52. The molecule has 0 aliphatic carbocycles. The Kier molecular flexibility index (Phi) is 12.2. The third-order valence-corrected chi connectivity index (χ3v) is 8.93. The Morgan fingerprint density at radius 3 is 2.24 bits per heavy atom. The highest BCUT2D eigenvalue weighted by molar-refractivity contribution is 7.88. The van der Waals surface area contributed by atoms with Gasteiger partial charge in [0, 0.05) is 19.6 Å². The molecule has 0 aromatic heterocycles. The van der Waals surface area contributed by atoms with Crippen molar-refractivity contribution in [3.63, 3.8) is 0 Å². The summed E-state index contributed by atoms with van der Waals surface area (Å²) in [5.74, 6) is -4.22. The van der Waals surface area contributed by atoms with E-state index in [1.54, 1.807) is 18.2 Å². The summed E-state index contributed by atoms with van der Waals surface area (Å²) in [7, 11) is -4.04. The molecule has 12 nitrogen and oxygen atoms in total. The molecule has 3 atom stereocenters. The number of rotatable bonds is 15. The molecule has 4 amide bonds. The van der Waals surface area contributed by atoms with Gasteiger partial charge in [0.2, 0.25) is 21.8 Å². The van der Waals surface area contributed by atoms with Crippen LogP contribution in [0.2, 0.25) is 0 Å². The number of ether oxygens (including phenoxy) is 1. The van der Waals surface area contributed by atoms with E-state index in [1.807, 2.05) is 50.3 Å². The molecular formula is C33H42N4O8S. The van der Waals surface area contributed by atoms with Gasteiger partial charge in [0.15, 0.2) is 6.29 Å². The van der Waals surface area contributed by atoms with Crippen molar-refractivity contribution in [1.29, 1.82) is 0 Å². The predicted molar refractivity (Wildman–Crippen MR) is 171 cm³/mol. The molecule has 248 valence electrons. The van der Waals surface area contributed by atoms with Gasteiger partial charge in [-0.15, -0.1) is 4.41 Å². The number of allylic oxidation sites excluding steroid dienone is 1. The number of amides is 4. The van der Waals surface area contributed by atoms with Gasteiger partial charge in [-0.05, 0) is 49.3 Å². The van der Waals surface area contributed by atoms with Gasteiger partial charge in [-0.25, -0.2) is 18.7 Å². The topological polar surface area (TPSA) is 151 Å². The summed E-state index contributed by atoms with van der Waals surface area (Å²) < 4.78 is 31.9. The predicted octanol–water partition coefficient (Wildman–Crippen LogP) is 3.53. The van der Waals surface area contributed by atoms with E-state index in [1.165, 1.54) is 12.1 Å². The number of nitrogens with zero attached hydrogens (tertiary/aromatic N) is 2. The Morgan fingerprint density at radius 1 is 1.00 bits per heavy atom. The Labute approximate surface area is 270 Å². The highest BCUT2D eigenvalue weighted by atomic mass is 32.2. The first-order valence-electron chi connectivity index (χ1n) is 15.5. The zero-order chi connectivity index (χ0) is 33.3. The van der Waals surface area contributed by atoms with Crippen molar-refractivity contribution < 1.29 is 37.2 Å². The molecule has 2 heterocycles. The van der Waals surface area contributed by atoms with Crippen LogP contribution in [0.25, 0.3) is 6.08 Å². The minimum atomic E-state index is -4.04. The maximum atomic E-state index is 13.9. The van der Waals surface area contributed by atoms with E-state index in [0.29, 0.717) is 17.4 Å². The molecule has 0 saturated carbocycles. The van der Waals surface area contributed by atoms with Gasteiger partial charge >= 0.3 is 0 Å². The Bertz CT molecular complexity index is 1490. The van der Waals surface area contributed by atoms with Crippen molar-refractivity contribution in [2.24, 2.45) is 17.8 Å². The molecule has 1 saturated heterocycles. The number of fused-ring (bicyclic) bond motifs is 1. The largest absolute Gasteiger partial charge is 0.350 e. The van der Waals surface area contributed by atoms with Crippen LogP contribution in [0.4, 0.5) is 0 Å². The second kappa shape index (κ2) is 16.1. The molecule has 0 bridgehead atoms. The lowest BCUT2D eigenvalue weighted by Crippen LogP contribution is -2.53. The van der Waals surface area contributed by atoms with Crippen molar-refractivity contribution >= 4 is 39.7 Å². The zero-order valence-electron chi connectivity index (χ0n) is 26.4. The molecule has 2 aliphatic heterocycles. The van der Waals surface area contributed by atoms with E-state index in [4.69, 9.17) is 9.57 Å². The summed E-state index contributed by atoms with van der Waals surface area (Å²) in [4.78, 5) is 59.7. The van der Waals surface area contributed by atoms with E-state index in [0.717, 1.165) is 29.6 Å². The van der Waals surface area contributed by atoms with E-state index in [2.05, 4.69) is 10.9 Å². The molecule has 0 radical (unpaired) electrons. The number of nitrogens with one attached hydrogen (secondary N) is 2. The van der Waals surface area contributed by atoms with Crippen LogP contribution in [-0.4, -0.2) is 73.6 Å². The lowest BCUT2D eigenvalue weighted by atomic mass is 9.82. The van der Waals surface area contributed by atoms with Crippen LogP contribution in [0, 0.1) is 17.8 Å². The summed E-state index contributed by atoms with van der Waals surface area (Å²) in [6.07, 6.45) is 6.80. The van der Waals surface area contributed by atoms with Gasteiger partial charge in [-0.2, -0.15) is 0 Å². The van der Waals surface area contributed by atoms with E-state index in [9.17, 15) is 27.6 Å². The number of hydroxylamine groups is 1. The second-order valence-electron chi connectivity index (χ2n) is 11.9. The van der Waals surface area contributed by atoms with E-state index < -0.39 is 51.8 Å². The van der Waals surface area contributed by atoms with Crippen molar-refractivity contribution in [3.05, 3.63) is 77.4 Å². The normalized spacial score (nSPS) is 18.2. The van der Waals surface area contributed by atoms with Gasteiger partial charge in [0.05, 0.1) is 35.8 Å². The first-order valence-corrected chi connectivity index (χ1v) is 17.3. The van der Waals surface area contributed by atoms with E-state index >= 15 is 0 Å². The van der Waals surface area contributed by atoms with Gasteiger partial charge in [0.25, 0.3) is 11.8 Å². The van der Waals surface area contributed by atoms with Gasteiger partial charge in [0.1, 0.15) is 0 Å². The second-order valence-corrected chi connectivity index (χ2v) is 13.8.